The molecule has 0 amide bonds. The smallest absolute Gasteiger partial charge is 0.158 e. The van der Waals surface area contributed by atoms with E-state index in [0.29, 0.717) is 11.8 Å². The van der Waals surface area contributed by atoms with Crippen LogP contribution in [0.1, 0.15) is 18.5 Å². The molecule has 5 nitrogen and oxygen atoms in total. The fraction of sp³-hybridized carbons (Fsp3) is 0.545. The molecular formula is C11H14N4O. The lowest BCUT2D eigenvalue weighted by atomic mass is 10.2. The Kier molecular flexibility index (Phi) is 3.32. The van der Waals surface area contributed by atoms with Crippen molar-refractivity contribution in [1.29, 1.82) is 5.26 Å². The van der Waals surface area contributed by atoms with Gasteiger partial charge in [-0.2, -0.15) is 5.26 Å². The molecule has 1 aliphatic heterocycles. The van der Waals surface area contributed by atoms with Gasteiger partial charge in [0.05, 0.1) is 18.5 Å². The van der Waals surface area contributed by atoms with E-state index in [0.717, 1.165) is 31.8 Å². The van der Waals surface area contributed by atoms with Gasteiger partial charge in [-0.15, -0.1) is 0 Å². The topological polar surface area (TPSA) is 62.0 Å². The van der Waals surface area contributed by atoms with Crippen molar-refractivity contribution in [3.63, 3.8) is 0 Å². The highest BCUT2D eigenvalue weighted by Gasteiger charge is 2.18. The zero-order valence-electron chi connectivity index (χ0n) is 9.26. The van der Waals surface area contributed by atoms with Gasteiger partial charge in [0.1, 0.15) is 11.9 Å². The maximum Gasteiger partial charge on any atom is 0.158 e. The van der Waals surface area contributed by atoms with Gasteiger partial charge < -0.3 is 9.64 Å². The van der Waals surface area contributed by atoms with Crippen molar-refractivity contribution in [3.05, 3.63) is 18.1 Å². The normalized spacial score (nSPS) is 19.4. The molecule has 2 rings (SSSR count). The van der Waals surface area contributed by atoms with E-state index in [-0.39, 0.29) is 0 Å². The van der Waals surface area contributed by atoms with E-state index in [4.69, 9.17) is 10.00 Å². The molecule has 2 heterocycles. The Labute approximate surface area is 94.7 Å². The fourth-order valence-electron chi connectivity index (χ4n) is 1.76. The molecule has 0 spiro atoms. The zero-order valence-corrected chi connectivity index (χ0v) is 9.26. The number of ether oxygens (including phenoxy) is 1. The standard InChI is InChI=1S/C11H14N4O/c1-15(8-10-3-2-4-16-10)11-7-13-9(5-12)6-14-11/h6-7,10H,2-4,8H2,1H3. The lowest BCUT2D eigenvalue weighted by Gasteiger charge is -2.21. The lowest BCUT2D eigenvalue weighted by molar-refractivity contribution is 0.116. The molecule has 0 saturated carbocycles. The van der Waals surface area contributed by atoms with Gasteiger partial charge in [-0.25, -0.2) is 9.97 Å². The Morgan fingerprint density at radius 1 is 1.56 bits per heavy atom. The second-order valence-corrected chi connectivity index (χ2v) is 3.89. The minimum Gasteiger partial charge on any atom is -0.376 e. The van der Waals surface area contributed by atoms with Crippen LogP contribution in [-0.4, -0.2) is 36.3 Å². The van der Waals surface area contributed by atoms with Crippen molar-refractivity contribution in [2.75, 3.05) is 25.1 Å². The third-order valence-electron chi connectivity index (χ3n) is 2.65. The molecule has 0 aliphatic carbocycles. The minimum absolute atomic E-state index is 0.294. The first-order chi connectivity index (χ1) is 7.79. The van der Waals surface area contributed by atoms with Gasteiger partial charge in [0.2, 0.25) is 0 Å². The summed E-state index contributed by atoms with van der Waals surface area (Å²) < 4.78 is 5.55. The van der Waals surface area contributed by atoms with Crippen LogP contribution < -0.4 is 4.90 Å². The third kappa shape index (κ3) is 2.47. The van der Waals surface area contributed by atoms with E-state index in [9.17, 15) is 0 Å². The van der Waals surface area contributed by atoms with Gasteiger partial charge in [0.15, 0.2) is 5.69 Å². The molecule has 0 aromatic carbocycles. The Morgan fingerprint density at radius 2 is 2.44 bits per heavy atom. The minimum atomic E-state index is 0.294. The Morgan fingerprint density at radius 3 is 3.00 bits per heavy atom. The Balaban J connectivity index is 1.97. The summed E-state index contributed by atoms with van der Waals surface area (Å²) in [5, 5.41) is 8.61. The predicted octanol–water partition coefficient (Wildman–Crippen LogP) is 0.963. The first kappa shape index (κ1) is 10.8. The van der Waals surface area contributed by atoms with Crippen LogP contribution in [0.25, 0.3) is 0 Å². The van der Waals surface area contributed by atoms with Gasteiger partial charge in [-0.05, 0) is 12.8 Å². The van der Waals surface area contributed by atoms with Gasteiger partial charge in [0.25, 0.3) is 0 Å². The van der Waals surface area contributed by atoms with E-state index in [1.165, 1.54) is 6.20 Å². The highest BCUT2D eigenvalue weighted by Crippen LogP contribution is 2.15. The van der Waals surface area contributed by atoms with Crippen molar-refractivity contribution >= 4 is 5.82 Å². The van der Waals surface area contributed by atoms with Crippen molar-refractivity contribution < 1.29 is 4.74 Å². The summed E-state index contributed by atoms with van der Waals surface area (Å²) in [6.07, 6.45) is 5.64. The average Bonchev–Trinajstić information content (AvgIpc) is 2.82. The Bertz CT molecular complexity index is 378. The second kappa shape index (κ2) is 4.90. The first-order valence-corrected chi connectivity index (χ1v) is 5.34. The summed E-state index contributed by atoms with van der Waals surface area (Å²) in [7, 11) is 1.96. The molecule has 1 aromatic rings. The quantitative estimate of drug-likeness (QED) is 0.756. The molecule has 1 fully saturated rings. The highest BCUT2D eigenvalue weighted by atomic mass is 16.5. The van der Waals surface area contributed by atoms with Crippen LogP contribution in [0.3, 0.4) is 0 Å². The number of nitrogens with zero attached hydrogens (tertiary/aromatic N) is 4. The number of hydrogen-bond acceptors (Lipinski definition) is 5. The number of rotatable bonds is 3. The van der Waals surface area contributed by atoms with Crippen LogP contribution in [0.4, 0.5) is 5.82 Å². The number of hydrogen-bond donors (Lipinski definition) is 0. The van der Waals surface area contributed by atoms with Crippen molar-refractivity contribution in [2.24, 2.45) is 0 Å². The summed E-state index contributed by atoms with van der Waals surface area (Å²) in [6, 6.07) is 1.95. The van der Waals surface area contributed by atoms with Gasteiger partial charge in [-0.3, -0.25) is 0 Å². The lowest BCUT2D eigenvalue weighted by Crippen LogP contribution is -2.29. The van der Waals surface area contributed by atoms with Gasteiger partial charge in [0, 0.05) is 20.2 Å². The summed E-state index contributed by atoms with van der Waals surface area (Å²) >= 11 is 0. The van der Waals surface area contributed by atoms with Crippen LogP contribution in [0.2, 0.25) is 0 Å². The molecule has 1 atom stereocenters. The van der Waals surface area contributed by atoms with Crippen molar-refractivity contribution in [2.45, 2.75) is 18.9 Å². The van der Waals surface area contributed by atoms with Crippen LogP contribution >= 0.6 is 0 Å². The molecule has 5 heteroatoms. The molecule has 0 bridgehead atoms. The molecule has 0 N–H and O–H groups in total. The average molecular weight is 218 g/mol. The molecule has 1 aliphatic rings. The largest absolute Gasteiger partial charge is 0.376 e. The predicted molar refractivity (Wildman–Crippen MR) is 59.0 cm³/mol. The molecule has 1 saturated heterocycles. The summed E-state index contributed by atoms with van der Waals surface area (Å²) in [5.74, 6) is 0.773. The van der Waals surface area contributed by atoms with Crippen LogP contribution in [0.5, 0.6) is 0 Å². The van der Waals surface area contributed by atoms with Gasteiger partial charge >= 0.3 is 0 Å². The molecule has 1 aromatic heterocycles. The van der Waals surface area contributed by atoms with Crippen LogP contribution in [-0.2, 0) is 4.74 Å². The third-order valence-corrected chi connectivity index (χ3v) is 2.65. The second-order valence-electron chi connectivity index (χ2n) is 3.89. The van der Waals surface area contributed by atoms with Crippen LogP contribution in [0.15, 0.2) is 12.4 Å². The monoisotopic (exact) mass is 218 g/mol. The summed E-state index contributed by atoms with van der Waals surface area (Å²) in [4.78, 5) is 10.2. The maximum absolute atomic E-state index is 8.61. The van der Waals surface area contributed by atoms with E-state index in [2.05, 4.69) is 9.97 Å². The summed E-state index contributed by atoms with van der Waals surface area (Å²) in [6.45, 7) is 1.68. The molecule has 0 radical (unpaired) electrons. The zero-order chi connectivity index (χ0) is 11.4. The molecule has 84 valence electrons. The van der Waals surface area contributed by atoms with E-state index < -0.39 is 0 Å². The van der Waals surface area contributed by atoms with Crippen LogP contribution in [0, 0.1) is 11.3 Å². The highest BCUT2D eigenvalue weighted by molar-refractivity contribution is 5.36. The first-order valence-electron chi connectivity index (χ1n) is 5.34. The number of anilines is 1. The maximum atomic E-state index is 8.61. The van der Waals surface area contributed by atoms with E-state index in [1.54, 1.807) is 6.20 Å². The SMILES string of the molecule is CN(CC1CCCO1)c1cnc(C#N)cn1. The molecular weight excluding hydrogens is 204 g/mol. The summed E-state index contributed by atoms with van der Waals surface area (Å²) in [5.41, 5.74) is 0.342. The number of nitriles is 1. The van der Waals surface area contributed by atoms with E-state index in [1.807, 2.05) is 18.0 Å². The van der Waals surface area contributed by atoms with Gasteiger partial charge in [-0.1, -0.05) is 0 Å². The van der Waals surface area contributed by atoms with Crippen molar-refractivity contribution in [1.82, 2.24) is 9.97 Å². The molecule has 16 heavy (non-hydrogen) atoms. The number of likely N-dealkylation sites (N-methyl/N-ethyl adjacent to an activating group) is 1. The molecule has 1 unspecified atom stereocenters. The van der Waals surface area contributed by atoms with E-state index >= 15 is 0 Å². The Hall–Kier alpha value is -1.67. The fourth-order valence-corrected chi connectivity index (χ4v) is 1.76. The van der Waals surface area contributed by atoms with Crippen molar-refractivity contribution in [3.8, 4) is 6.07 Å². The number of aromatic nitrogens is 2.